The van der Waals surface area contributed by atoms with Gasteiger partial charge in [-0.15, -0.1) is 0 Å². The second-order valence-corrected chi connectivity index (χ2v) is 7.66. The van der Waals surface area contributed by atoms with Crippen molar-refractivity contribution in [1.82, 2.24) is 0 Å². The van der Waals surface area contributed by atoms with E-state index in [9.17, 15) is 4.79 Å². The zero-order valence-electron chi connectivity index (χ0n) is 15.2. The Balaban J connectivity index is 1.63. The lowest BCUT2D eigenvalue weighted by Crippen LogP contribution is -2.04. The molecule has 0 bridgehead atoms. The van der Waals surface area contributed by atoms with Crippen molar-refractivity contribution in [3.8, 4) is 5.75 Å². The molecular formula is C22H19BrClNO3. The predicted octanol–water partition coefficient (Wildman–Crippen LogP) is 6.30. The Hall–Kier alpha value is -2.50. The standard InChI is InChI=1S/C22H19BrClNO3/c1-14-2-6-17(22(26)27)11-20(14)25-12-16-5-9-21(19(23)10-16)28-13-15-3-7-18(24)8-4-15/h2-11,25H,12-13H2,1H3,(H,26,27). The Morgan fingerprint density at radius 2 is 1.79 bits per heavy atom. The van der Waals surface area contributed by atoms with E-state index in [4.69, 9.17) is 21.4 Å². The number of aromatic carboxylic acids is 1. The molecule has 6 heteroatoms. The van der Waals surface area contributed by atoms with Crippen molar-refractivity contribution >= 4 is 39.2 Å². The van der Waals surface area contributed by atoms with Gasteiger partial charge in [0.1, 0.15) is 12.4 Å². The number of nitrogens with one attached hydrogen (secondary N) is 1. The van der Waals surface area contributed by atoms with Crippen LogP contribution in [0.1, 0.15) is 27.0 Å². The Labute approximate surface area is 177 Å². The van der Waals surface area contributed by atoms with Crippen LogP contribution in [0.3, 0.4) is 0 Å². The van der Waals surface area contributed by atoms with Crippen LogP contribution >= 0.6 is 27.5 Å². The van der Waals surface area contributed by atoms with Gasteiger partial charge in [-0.1, -0.05) is 35.9 Å². The van der Waals surface area contributed by atoms with Crippen LogP contribution in [-0.4, -0.2) is 11.1 Å². The Kier molecular flexibility index (Phi) is 6.60. The van der Waals surface area contributed by atoms with Crippen LogP contribution in [0.5, 0.6) is 5.75 Å². The Morgan fingerprint density at radius 3 is 2.46 bits per heavy atom. The van der Waals surface area contributed by atoms with Crippen molar-refractivity contribution in [3.63, 3.8) is 0 Å². The van der Waals surface area contributed by atoms with Crippen molar-refractivity contribution in [2.45, 2.75) is 20.1 Å². The fraction of sp³-hybridized carbons (Fsp3) is 0.136. The van der Waals surface area contributed by atoms with Gasteiger partial charge in [0.15, 0.2) is 0 Å². The van der Waals surface area contributed by atoms with E-state index in [1.807, 2.05) is 49.4 Å². The van der Waals surface area contributed by atoms with E-state index in [1.165, 1.54) is 0 Å². The first-order chi connectivity index (χ1) is 13.4. The van der Waals surface area contributed by atoms with Crippen LogP contribution in [0.25, 0.3) is 0 Å². The lowest BCUT2D eigenvalue weighted by atomic mass is 10.1. The largest absolute Gasteiger partial charge is 0.488 e. The average molecular weight is 461 g/mol. The number of aryl methyl sites for hydroxylation is 1. The summed E-state index contributed by atoms with van der Waals surface area (Å²) in [4.78, 5) is 11.1. The molecule has 0 heterocycles. The number of hydrogen-bond acceptors (Lipinski definition) is 3. The smallest absolute Gasteiger partial charge is 0.335 e. The first kappa shape index (κ1) is 20.2. The molecule has 144 valence electrons. The molecule has 0 aromatic heterocycles. The van der Waals surface area contributed by atoms with Gasteiger partial charge in [-0.25, -0.2) is 4.79 Å². The van der Waals surface area contributed by atoms with Crippen LogP contribution < -0.4 is 10.1 Å². The van der Waals surface area contributed by atoms with E-state index in [0.717, 1.165) is 32.6 Å². The summed E-state index contributed by atoms with van der Waals surface area (Å²) in [5.74, 6) is -0.185. The third-order valence-electron chi connectivity index (χ3n) is 4.27. The van der Waals surface area contributed by atoms with Gasteiger partial charge in [-0.2, -0.15) is 0 Å². The third kappa shape index (κ3) is 5.27. The molecular weight excluding hydrogens is 442 g/mol. The van der Waals surface area contributed by atoms with E-state index >= 15 is 0 Å². The summed E-state index contributed by atoms with van der Waals surface area (Å²) in [6.07, 6.45) is 0. The van der Waals surface area contributed by atoms with Gasteiger partial charge in [-0.05, 0) is 75.9 Å². The van der Waals surface area contributed by atoms with E-state index in [-0.39, 0.29) is 5.56 Å². The maximum atomic E-state index is 11.1. The van der Waals surface area contributed by atoms with Crippen molar-refractivity contribution in [1.29, 1.82) is 0 Å². The number of anilines is 1. The molecule has 0 aliphatic rings. The number of carboxylic acids is 1. The number of halogens is 2. The van der Waals surface area contributed by atoms with Crippen molar-refractivity contribution < 1.29 is 14.6 Å². The highest BCUT2D eigenvalue weighted by atomic mass is 79.9. The van der Waals surface area contributed by atoms with Gasteiger partial charge in [0.25, 0.3) is 0 Å². The zero-order chi connectivity index (χ0) is 20.1. The third-order valence-corrected chi connectivity index (χ3v) is 5.14. The number of carboxylic acid groups (broad SMARTS) is 1. The molecule has 0 spiro atoms. The quantitative estimate of drug-likeness (QED) is 0.434. The molecule has 0 radical (unpaired) electrons. The van der Waals surface area contributed by atoms with E-state index in [0.29, 0.717) is 18.2 Å². The number of hydrogen-bond donors (Lipinski definition) is 2. The van der Waals surface area contributed by atoms with Gasteiger partial charge < -0.3 is 15.2 Å². The zero-order valence-corrected chi connectivity index (χ0v) is 17.5. The molecule has 2 N–H and O–H groups in total. The molecule has 0 saturated carbocycles. The molecule has 4 nitrogen and oxygen atoms in total. The van der Waals surface area contributed by atoms with E-state index in [1.54, 1.807) is 18.2 Å². The van der Waals surface area contributed by atoms with Crippen molar-refractivity contribution in [2.75, 3.05) is 5.32 Å². The van der Waals surface area contributed by atoms with Gasteiger partial charge >= 0.3 is 5.97 Å². The van der Waals surface area contributed by atoms with E-state index in [2.05, 4.69) is 21.2 Å². The minimum Gasteiger partial charge on any atom is -0.488 e. The van der Waals surface area contributed by atoms with Gasteiger partial charge in [0, 0.05) is 17.3 Å². The molecule has 3 aromatic carbocycles. The number of carbonyl (C=O) groups is 1. The fourth-order valence-corrected chi connectivity index (χ4v) is 3.32. The minimum absolute atomic E-state index is 0.264. The summed E-state index contributed by atoms with van der Waals surface area (Å²) in [5.41, 5.74) is 4.15. The normalized spacial score (nSPS) is 10.5. The molecule has 0 unspecified atom stereocenters. The minimum atomic E-state index is -0.937. The van der Waals surface area contributed by atoms with Gasteiger partial charge in [0.2, 0.25) is 0 Å². The van der Waals surface area contributed by atoms with Gasteiger partial charge in [0.05, 0.1) is 10.0 Å². The number of rotatable bonds is 7. The van der Waals surface area contributed by atoms with Crippen molar-refractivity contribution in [3.05, 3.63) is 92.4 Å². The molecule has 0 amide bonds. The highest BCUT2D eigenvalue weighted by Crippen LogP contribution is 2.28. The lowest BCUT2D eigenvalue weighted by Gasteiger charge is -2.13. The maximum Gasteiger partial charge on any atom is 0.335 e. The first-order valence-corrected chi connectivity index (χ1v) is 9.83. The Bertz CT molecular complexity index is 990. The molecule has 0 saturated heterocycles. The molecule has 0 aliphatic carbocycles. The average Bonchev–Trinajstić information content (AvgIpc) is 2.67. The monoisotopic (exact) mass is 459 g/mol. The Morgan fingerprint density at radius 1 is 1.07 bits per heavy atom. The molecule has 0 fully saturated rings. The summed E-state index contributed by atoms with van der Waals surface area (Å²) >= 11 is 9.45. The topological polar surface area (TPSA) is 58.6 Å². The highest BCUT2D eigenvalue weighted by Gasteiger charge is 2.07. The summed E-state index contributed by atoms with van der Waals surface area (Å²) in [6.45, 7) is 2.96. The van der Waals surface area contributed by atoms with Gasteiger partial charge in [-0.3, -0.25) is 0 Å². The van der Waals surface area contributed by atoms with Crippen molar-refractivity contribution in [2.24, 2.45) is 0 Å². The summed E-state index contributed by atoms with van der Waals surface area (Å²) in [6, 6.07) is 18.5. The fourth-order valence-electron chi connectivity index (χ4n) is 2.66. The second kappa shape index (κ2) is 9.13. The summed E-state index contributed by atoms with van der Waals surface area (Å²) < 4.78 is 6.72. The molecule has 3 aromatic rings. The SMILES string of the molecule is Cc1ccc(C(=O)O)cc1NCc1ccc(OCc2ccc(Cl)cc2)c(Br)c1. The maximum absolute atomic E-state index is 11.1. The first-order valence-electron chi connectivity index (χ1n) is 8.66. The summed E-state index contributed by atoms with van der Waals surface area (Å²) in [7, 11) is 0. The van der Waals surface area contributed by atoms with E-state index < -0.39 is 5.97 Å². The molecule has 0 atom stereocenters. The van der Waals surface area contributed by atoms with Crippen LogP contribution in [0.2, 0.25) is 5.02 Å². The number of benzene rings is 3. The highest BCUT2D eigenvalue weighted by molar-refractivity contribution is 9.10. The molecule has 3 rings (SSSR count). The lowest BCUT2D eigenvalue weighted by molar-refractivity contribution is 0.0697. The number of ether oxygens (including phenoxy) is 1. The molecule has 0 aliphatic heterocycles. The summed E-state index contributed by atoms with van der Waals surface area (Å²) in [5, 5.41) is 13.1. The van der Waals surface area contributed by atoms with Crippen LogP contribution in [-0.2, 0) is 13.2 Å². The van der Waals surface area contributed by atoms with Crippen LogP contribution in [0.15, 0.2) is 65.1 Å². The van der Waals surface area contributed by atoms with Crippen LogP contribution in [0.4, 0.5) is 5.69 Å². The van der Waals surface area contributed by atoms with Crippen LogP contribution in [0, 0.1) is 6.92 Å². The second-order valence-electron chi connectivity index (χ2n) is 6.37. The predicted molar refractivity (Wildman–Crippen MR) is 115 cm³/mol. The molecule has 28 heavy (non-hydrogen) atoms.